The summed E-state index contributed by atoms with van der Waals surface area (Å²) in [4.78, 5) is 7.32. The van der Waals surface area contributed by atoms with Crippen LogP contribution in [0.3, 0.4) is 0 Å². The average molecular weight is 398 g/mol. The van der Waals surface area contributed by atoms with E-state index in [2.05, 4.69) is 65.7 Å². The summed E-state index contributed by atoms with van der Waals surface area (Å²) >= 11 is 0. The van der Waals surface area contributed by atoms with Crippen LogP contribution in [0, 0.1) is 0 Å². The Morgan fingerprint density at radius 3 is 2.72 bits per heavy atom. The van der Waals surface area contributed by atoms with Gasteiger partial charge in [-0.05, 0) is 37.3 Å². The maximum atomic E-state index is 5.45. The molecule has 0 fully saturated rings. The van der Waals surface area contributed by atoms with Crippen LogP contribution < -0.4 is 10.6 Å². The van der Waals surface area contributed by atoms with E-state index in [0.717, 1.165) is 81.4 Å². The maximum Gasteiger partial charge on any atom is 0.191 e. The van der Waals surface area contributed by atoms with Crippen molar-refractivity contribution < 1.29 is 4.52 Å². The smallest absolute Gasteiger partial charge is 0.191 e. The third kappa shape index (κ3) is 5.82. The predicted molar refractivity (Wildman–Crippen MR) is 118 cm³/mol. The molecule has 0 spiro atoms. The number of nitrogens with one attached hydrogen (secondary N) is 2. The van der Waals surface area contributed by atoms with Gasteiger partial charge in [0.1, 0.15) is 5.76 Å². The maximum absolute atomic E-state index is 5.45. The van der Waals surface area contributed by atoms with Gasteiger partial charge in [-0.15, -0.1) is 0 Å². The van der Waals surface area contributed by atoms with Gasteiger partial charge in [0.2, 0.25) is 0 Å². The highest BCUT2D eigenvalue weighted by Gasteiger charge is 2.15. The number of benzene rings is 1. The topological polar surface area (TPSA) is 65.7 Å². The number of rotatable bonds is 9. The SMILES string of the molecule is CCNC(=NCc1c(CC)noc1CC)NCCCN1CCc2ccccc2C1. The van der Waals surface area contributed by atoms with Crippen LogP contribution in [0.15, 0.2) is 33.8 Å². The molecule has 1 aromatic heterocycles. The first-order chi connectivity index (χ1) is 14.2. The largest absolute Gasteiger partial charge is 0.361 e. The molecule has 1 aromatic carbocycles. The van der Waals surface area contributed by atoms with Gasteiger partial charge in [-0.2, -0.15) is 0 Å². The monoisotopic (exact) mass is 397 g/mol. The molecular weight excluding hydrogens is 362 g/mol. The van der Waals surface area contributed by atoms with Crippen molar-refractivity contribution in [2.24, 2.45) is 4.99 Å². The van der Waals surface area contributed by atoms with Crippen LogP contribution in [0.1, 0.15) is 55.3 Å². The third-order valence-electron chi connectivity index (χ3n) is 5.50. The predicted octanol–water partition coefficient (Wildman–Crippen LogP) is 3.30. The third-order valence-corrected chi connectivity index (χ3v) is 5.50. The first kappa shape index (κ1) is 21.4. The van der Waals surface area contributed by atoms with E-state index in [1.165, 1.54) is 11.1 Å². The fraction of sp³-hybridized carbons (Fsp3) is 0.565. The Morgan fingerprint density at radius 2 is 1.97 bits per heavy atom. The molecule has 0 bridgehead atoms. The van der Waals surface area contributed by atoms with E-state index in [4.69, 9.17) is 9.52 Å². The van der Waals surface area contributed by atoms with Gasteiger partial charge in [0.05, 0.1) is 12.2 Å². The summed E-state index contributed by atoms with van der Waals surface area (Å²) in [7, 11) is 0. The lowest BCUT2D eigenvalue weighted by atomic mass is 10.00. The van der Waals surface area contributed by atoms with Crippen LogP contribution in [-0.4, -0.2) is 42.2 Å². The van der Waals surface area contributed by atoms with Crippen LogP contribution >= 0.6 is 0 Å². The van der Waals surface area contributed by atoms with E-state index in [-0.39, 0.29) is 0 Å². The van der Waals surface area contributed by atoms with Crippen molar-refractivity contribution in [2.45, 2.75) is 59.5 Å². The zero-order valence-corrected chi connectivity index (χ0v) is 18.1. The molecule has 3 rings (SSSR count). The van der Waals surface area contributed by atoms with Gasteiger partial charge in [-0.3, -0.25) is 4.90 Å². The summed E-state index contributed by atoms with van der Waals surface area (Å²) in [6.45, 7) is 12.0. The van der Waals surface area contributed by atoms with E-state index < -0.39 is 0 Å². The fourth-order valence-electron chi connectivity index (χ4n) is 3.87. The van der Waals surface area contributed by atoms with Crippen LogP contribution in [0.25, 0.3) is 0 Å². The molecule has 6 nitrogen and oxygen atoms in total. The van der Waals surface area contributed by atoms with E-state index >= 15 is 0 Å². The molecule has 0 saturated carbocycles. The number of fused-ring (bicyclic) bond motifs is 1. The highest BCUT2D eigenvalue weighted by atomic mass is 16.5. The number of aliphatic imine (C=N–C) groups is 1. The van der Waals surface area contributed by atoms with E-state index in [1.54, 1.807) is 0 Å². The lowest BCUT2D eigenvalue weighted by molar-refractivity contribution is 0.251. The Kier molecular flexibility index (Phi) is 8.11. The van der Waals surface area contributed by atoms with Gasteiger partial charge in [-0.25, -0.2) is 4.99 Å². The normalized spacial score (nSPS) is 14.7. The van der Waals surface area contributed by atoms with Crippen LogP contribution in [-0.2, 0) is 32.4 Å². The van der Waals surface area contributed by atoms with Crippen molar-refractivity contribution in [3.8, 4) is 0 Å². The molecule has 29 heavy (non-hydrogen) atoms. The Morgan fingerprint density at radius 1 is 1.14 bits per heavy atom. The van der Waals surface area contributed by atoms with E-state index in [0.29, 0.717) is 6.54 Å². The zero-order valence-electron chi connectivity index (χ0n) is 18.1. The summed E-state index contributed by atoms with van der Waals surface area (Å²) in [6.07, 6.45) is 3.98. The van der Waals surface area contributed by atoms with Crippen molar-refractivity contribution in [1.82, 2.24) is 20.7 Å². The van der Waals surface area contributed by atoms with Gasteiger partial charge in [0, 0.05) is 44.7 Å². The number of hydrogen-bond donors (Lipinski definition) is 2. The average Bonchev–Trinajstić information content (AvgIpc) is 3.16. The minimum absolute atomic E-state index is 0.605. The Bertz CT molecular complexity index is 777. The summed E-state index contributed by atoms with van der Waals surface area (Å²) in [5, 5.41) is 11.0. The molecule has 158 valence electrons. The highest BCUT2D eigenvalue weighted by molar-refractivity contribution is 5.79. The van der Waals surface area contributed by atoms with Crippen LogP contribution in [0.4, 0.5) is 0 Å². The Labute approximate surface area is 174 Å². The molecule has 0 aliphatic carbocycles. The molecule has 0 unspecified atom stereocenters. The van der Waals surface area contributed by atoms with Crippen LogP contribution in [0.2, 0.25) is 0 Å². The highest BCUT2D eigenvalue weighted by Crippen LogP contribution is 2.18. The van der Waals surface area contributed by atoms with E-state index in [9.17, 15) is 0 Å². The molecule has 0 saturated heterocycles. The Hall–Kier alpha value is -2.34. The fourth-order valence-corrected chi connectivity index (χ4v) is 3.87. The molecule has 0 radical (unpaired) electrons. The molecule has 2 heterocycles. The van der Waals surface area contributed by atoms with Crippen LogP contribution in [0.5, 0.6) is 0 Å². The second kappa shape index (κ2) is 11.0. The molecule has 1 aliphatic heterocycles. The van der Waals surface area contributed by atoms with Gasteiger partial charge in [-0.1, -0.05) is 43.3 Å². The Balaban J connectivity index is 1.47. The number of aryl methyl sites for hydroxylation is 2. The molecule has 0 atom stereocenters. The van der Waals surface area contributed by atoms with Crippen molar-refractivity contribution in [3.05, 3.63) is 52.4 Å². The lowest BCUT2D eigenvalue weighted by Gasteiger charge is -2.28. The van der Waals surface area contributed by atoms with E-state index in [1.807, 2.05) is 0 Å². The molecule has 1 aliphatic rings. The summed E-state index contributed by atoms with van der Waals surface area (Å²) in [5.41, 5.74) is 5.15. The number of aromatic nitrogens is 1. The quantitative estimate of drug-likeness (QED) is 0.386. The minimum Gasteiger partial charge on any atom is -0.361 e. The first-order valence-electron chi connectivity index (χ1n) is 11.0. The zero-order chi connectivity index (χ0) is 20.5. The number of nitrogens with zero attached hydrogens (tertiary/aromatic N) is 3. The molecule has 6 heteroatoms. The summed E-state index contributed by atoms with van der Waals surface area (Å²) < 4.78 is 5.45. The van der Waals surface area contributed by atoms with Crippen molar-refractivity contribution in [2.75, 3.05) is 26.2 Å². The van der Waals surface area contributed by atoms with Gasteiger partial charge < -0.3 is 15.2 Å². The molecule has 2 N–H and O–H groups in total. The van der Waals surface area contributed by atoms with Gasteiger partial charge in [0.25, 0.3) is 0 Å². The molecule has 0 amide bonds. The first-order valence-corrected chi connectivity index (χ1v) is 11.0. The number of guanidine groups is 1. The van der Waals surface area contributed by atoms with Gasteiger partial charge in [0.15, 0.2) is 5.96 Å². The molecule has 2 aromatic rings. The molecular formula is C23H35N5O. The lowest BCUT2D eigenvalue weighted by Crippen LogP contribution is -2.39. The number of hydrogen-bond acceptors (Lipinski definition) is 4. The summed E-state index contributed by atoms with van der Waals surface area (Å²) in [6, 6.07) is 8.81. The van der Waals surface area contributed by atoms with Crippen molar-refractivity contribution in [1.29, 1.82) is 0 Å². The van der Waals surface area contributed by atoms with Crippen molar-refractivity contribution >= 4 is 5.96 Å². The second-order valence-electron chi connectivity index (χ2n) is 7.51. The second-order valence-corrected chi connectivity index (χ2v) is 7.51. The summed E-state index contributed by atoms with van der Waals surface area (Å²) in [5.74, 6) is 1.81. The standard InChI is InChI=1S/C23H35N5O/c1-4-21-20(22(5-2)29-27-21)16-26-23(24-6-3)25-13-9-14-28-15-12-18-10-7-8-11-19(18)17-28/h7-8,10-11H,4-6,9,12-17H2,1-3H3,(H2,24,25,26). The van der Waals surface area contributed by atoms with Gasteiger partial charge >= 0.3 is 0 Å². The van der Waals surface area contributed by atoms with Crippen molar-refractivity contribution in [3.63, 3.8) is 0 Å². The minimum atomic E-state index is 0.605.